The fourth-order valence-electron chi connectivity index (χ4n) is 2.64. The second-order valence-electron chi connectivity index (χ2n) is 5.12. The molecule has 0 N–H and O–H groups in total. The molecule has 2 aromatic rings. The van der Waals surface area contributed by atoms with Gasteiger partial charge < -0.3 is 0 Å². The summed E-state index contributed by atoms with van der Waals surface area (Å²) in [5, 5.41) is 0. The van der Waals surface area contributed by atoms with E-state index in [4.69, 9.17) is 0 Å². The van der Waals surface area contributed by atoms with Gasteiger partial charge in [0.15, 0.2) is 0 Å². The highest BCUT2D eigenvalue weighted by atomic mass is 32.2. The summed E-state index contributed by atoms with van der Waals surface area (Å²) in [5.74, 6) is 0.0827. The van der Waals surface area contributed by atoms with Crippen molar-refractivity contribution in [2.75, 3.05) is 19.3 Å². The van der Waals surface area contributed by atoms with Gasteiger partial charge in [0, 0.05) is 37.6 Å². The van der Waals surface area contributed by atoms with Crippen LogP contribution in [0.1, 0.15) is 24.5 Å². The van der Waals surface area contributed by atoms with Crippen LogP contribution in [-0.4, -0.2) is 47.0 Å². The minimum atomic E-state index is -3.16. The van der Waals surface area contributed by atoms with Crippen LogP contribution >= 0.6 is 11.3 Å². The first kappa shape index (κ1) is 14.6. The lowest BCUT2D eigenvalue weighted by molar-refractivity contribution is 0.314. The maximum Gasteiger partial charge on any atom is 0.211 e. The number of hydrogen-bond acceptors (Lipinski definition) is 6. The second-order valence-corrected chi connectivity index (χ2v) is 7.98. The Balaban J connectivity index is 1.94. The van der Waals surface area contributed by atoms with Gasteiger partial charge in [0.1, 0.15) is 5.69 Å². The number of rotatable bonds is 3. The van der Waals surface area contributed by atoms with Crippen LogP contribution in [0.25, 0.3) is 10.6 Å². The third-order valence-electron chi connectivity index (χ3n) is 3.63. The zero-order chi connectivity index (χ0) is 14.9. The van der Waals surface area contributed by atoms with Crippen molar-refractivity contribution in [3.63, 3.8) is 0 Å². The fourth-order valence-corrected chi connectivity index (χ4v) is 4.17. The first-order valence-electron chi connectivity index (χ1n) is 6.70. The molecule has 3 heterocycles. The Hall–Kier alpha value is -1.38. The molecule has 0 radical (unpaired) electrons. The van der Waals surface area contributed by atoms with Crippen LogP contribution in [0.15, 0.2) is 24.1 Å². The SMILES string of the molecule is CS(=O)(=O)N1CCC[C@H](c2nccnc2-c2cncs2)C1. The Bertz CT molecular complexity index is 716. The van der Waals surface area contributed by atoms with E-state index in [-0.39, 0.29) is 5.92 Å². The Morgan fingerprint density at radius 3 is 2.86 bits per heavy atom. The molecule has 0 aromatic carbocycles. The molecule has 1 aliphatic rings. The van der Waals surface area contributed by atoms with Crippen molar-refractivity contribution in [2.24, 2.45) is 0 Å². The van der Waals surface area contributed by atoms with Gasteiger partial charge in [-0.05, 0) is 12.8 Å². The Morgan fingerprint density at radius 2 is 2.14 bits per heavy atom. The van der Waals surface area contributed by atoms with E-state index in [0.717, 1.165) is 29.1 Å². The van der Waals surface area contributed by atoms with E-state index in [2.05, 4.69) is 15.0 Å². The Kier molecular flexibility index (Phi) is 4.01. The third kappa shape index (κ3) is 3.12. The molecule has 2 aromatic heterocycles. The van der Waals surface area contributed by atoms with E-state index in [1.54, 1.807) is 24.1 Å². The summed E-state index contributed by atoms with van der Waals surface area (Å²) in [6.07, 6.45) is 8.13. The molecule has 0 bridgehead atoms. The summed E-state index contributed by atoms with van der Waals surface area (Å²) < 4.78 is 25.1. The van der Waals surface area contributed by atoms with Gasteiger partial charge >= 0.3 is 0 Å². The molecule has 1 atom stereocenters. The van der Waals surface area contributed by atoms with E-state index >= 15 is 0 Å². The quantitative estimate of drug-likeness (QED) is 0.859. The van der Waals surface area contributed by atoms with Crippen molar-refractivity contribution in [1.82, 2.24) is 19.3 Å². The van der Waals surface area contributed by atoms with Crippen LogP contribution in [0.4, 0.5) is 0 Å². The highest BCUT2D eigenvalue weighted by Crippen LogP contribution is 2.33. The molecule has 0 saturated carbocycles. The zero-order valence-corrected chi connectivity index (χ0v) is 13.3. The van der Waals surface area contributed by atoms with Crippen LogP contribution < -0.4 is 0 Å². The van der Waals surface area contributed by atoms with Crippen LogP contribution in [0, 0.1) is 0 Å². The summed E-state index contributed by atoms with van der Waals surface area (Å²) in [5.41, 5.74) is 3.45. The van der Waals surface area contributed by atoms with Gasteiger partial charge in [-0.1, -0.05) is 0 Å². The molecule has 1 fully saturated rings. The van der Waals surface area contributed by atoms with Gasteiger partial charge in [0.25, 0.3) is 0 Å². The monoisotopic (exact) mass is 324 g/mol. The highest BCUT2D eigenvalue weighted by Gasteiger charge is 2.29. The lowest BCUT2D eigenvalue weighted by atomic mass is 9.94. The summed E-state index contributed by atoms with van der Waals surface area (Å²) in [6, 6.07) is 0. The minimum absolute atomic E-state index is 0.0827. The first-order valence-corrected chi connectivity index (χ1v) is 9.43. The molecule has 6 nitrogen and oxygen atoms in total. The molecular formula is C13H16N4O2S2. The van der Waals surface area contributed by atoms with Gasteiger partial charge in [0.2, 0.25) is 10.0 Å². The number of thiazole rings is 1. The summed E-state index contributed by atoms with van der Waals surface area (Å²) in [6.45, 7) is 1.06. The topological polar surface area (TPSA) is 76.1 Å². The smallest absolute Gasteiger partial charge is 0.211 e. The maximum atomic E-state index is 11.8. The third-order valence-corrected chi connectivity index (χ3v) is 5.68. The van der Waals surface area contributed by atoms with E-state index in [9.17, 15) is 8.42 Å². The predicted octanol–water partition coefficient (Wildman–Crippen LogP) is 1.74. The standard InChI is InChI=1S/C13H16N4O2S2/c1-21(18,19)17-6-2-3-10(8-17)12-13(16-5-4-15-12)11-7-14-9-20-11/h4-5,7,9-10H,2-3,6,8H2,1H3/t10-/m0/s1. The zero-order valence-electron chi connectivity index (χ0n) is 11.6. The van der Waals surface area contributed by atoms with Crippen molar-refractivity contribution in [3.8, 4) is 10.6 Å². The van der Waals surface area contributed by atoms with E-state index in [0.29, 0.717) is 13.1 Å². The van der Waals surface area contributed by atoms with Crippen LogP contribution in [0.5, 0.6) is 0 Å². The molecule has 0 aliphatic carbocycles. The van der Waals surface area contributed by atoms with Crippen molar-refractivity contribution in [3.05, 3.63) is 29.8 Å². The van der Waals surface area contributed by atoms with Crippen LogP contribution in [-0.2, 0) is 10.0 Å². The number of piperidine rings is 1. The lowest BCUT2D eigenvalue weighted by Crippen LogP contribution is -2.38. The Morgan fingerprint density at radius 1 is 1.33 bits per heavy atom. The normalized spacial score (nSPS) is 20.5. The summed E-state index contributed by atoms with van der Waals surface area (Å²) >= 11 is 1.52. The molecule has 0 unspecified atom stereocenters. The molecule has 0 amide bonds. The second kappa shape index (κ2) is 5.78. The number of nitrogens with zero attached hydrogens (tertiary/aromatic N) is 4. The van der Waals surface area contributed by atoms with Crippen molar-refractivity contribution >= 4 is 21.4 Å². The van der Waals surface area contributed by atoms with E-state index in [1.165, 1.54) is 21.9 Å². The van der Waals surface area contributed by atoms with E-state index in [1.807, 2.05) is 0 Å². The predicted molar refractivity (Wildman–Crippen MR) is 81.5 cm³/mol. The maximum absolute atomic E-state index is 11.8. The largest absolute Gasteiger partial charge is 0.257 e. The highest BCUT2D eigenvalue weighted by molar-refractivity contribution is 7.88. The lowest BCUT2D eigenvalue weighted by Gasteiger charge is -2.31. The fraction of sp³-hybridized carbons (Fsp3) is 0.462. The molecule has 1 saturated heterocycles. The first-order chi connectivity index (χ1) is 10.1. The molecule has 21 heavy (non-hydrogen) atoms. The number of sulfonamides is 1. The van der Waals surface area contributed by atoms with Gasteiger partial charge in [0.05, 0.1) is 22.3 Å². The average molecular weight is 324 g/mol. The van der Waals surface area contributed by atoms with Crippen molar-refractivity contribution < 1.29 is 8.42 Å². The van der Waals surface area contributed by atoms with Crippen molar-refractivity contribution in [2.45, 2.75) is 18.8 Å². The Labute approximate surface area is 127 Å². The minimum Gasteiger partial charge on any atom is -0.257 e. The van der Waals surface area contributed by atoms with Crippen molar-refractivity contribution in [1.29, 1.82) is 0 Å². The molecule has 8 heteroatoms. The van der Waals surface area contributed by atoms with Crippen LogP contribution in [0.2, 0.25) is 0 Å². The number of aromatic nitrogens is 3. The summed E-state index contributed by atoms with van der Waals surface area (Å²) in [4.78, 5) is 13.9. The van der Waals surface area contributed by atoms with Gasteiger partial charge in [-0.3, -0.25) is 15.0 Å². The van der Waals surface area contributed by atoms with E-state index < -0.39 is 10.0 Å². The van der Waals surface area contributed by atoms with Crippen LogP contribution in [0.3, 0.4) is 0 Å². The average Bonchev–Trinajstić information content (AvgIpc) is 3.01. The summed E-state index contributed by atoms with van der Waals surface area (Å²) in [7, 11) is -3.16. The molecule has 0 spiro atoms. The van der Waals surface area contributed by atoms with Gasteiger partial charge in [-0.15, -0.1) is 11.3 Å². The number of hydrogen-bond donors (Lipinski definition) is 0. The van der Waals surface area contributed by atoms with Gasteiger partial charge in [-0.2, -0.15) is 0 Å². The molecule has 1 aliphatic heterocycles. The molecule has 112 valence electrons. The molecule has 3 rings (SSSR count). The van der Waals surface area contributed by atoms with Gasteiger partial charge in [-0.25, -0.2) is 12.7 Å². The molecular weight excluding hydrogens is 308 g/mol.